The SMILES string of the molecule is CCNC(C)CCc1ccc(OCCCC(C)C)cc1. The smallest absolute Gasteiger partial charge is 0.119 e. The summed E-state index contributed by atoms with van der Waals surface area (Å²) >= 11 is 0. The molecule has 1 N–H and O–H groups in total. The van der Waals surface area contributed by atoms with Crippen molar-refractivity contribution in [2.45, 2.75) is 59.4 Å². The van der Waals surface area contributed by atoms with Gasteiger partial charge in [0.2, 0.25) is 0 Å². The summed E-state index contributed by atoms with van der Waals surface area (Å²) in [5, 5.41) is 3.45. The van der Waals surface area contributed by atoms with Crippen LogP contribution in [0, 0.1) is 5.92 Å². The summed E-state index contributed by atoms with van der Waals surface area (Å²) in [6.07, 6.45) is 4.68. The van der Waals surface area contributed by atoms with Crippen LogP contribution in [0.5, 0.6) is 5.75 Å². The van der Waals surface area contributed by atoms with Crippen LogP contribution < -0.4 is 10.1 Å². The van der Waals surface area contributed by atoms with Gasteiger partial charge in [0.05, 0.1) is 6.61 Å². The number of rotatable bonds is 10. The molecular formula is C18H31NO. The Morgan fingerprint density at radius 1 is 1.05 bits per heavy atom. The number of nitrogens with one attached hydrogen (secondary N) is 1. The third-order valence-electron chi connectivity index (χ3n) is 3.54. The Hall–Kier alpha value is -1.02. The largest absolute Gasteiger partial charge is 0.494 e. The molecular weight excluding hydrogens is 246 g/mol. The van der Waals surface area contributed by atoms with Crippen molar-refractivity contribution in [3.05, 3.63) is 29.8 Å². The first-order chi connectivity index (χ1) is 9.61. The molecule has 0 aliphatic heterocycles. The van der Waals surface area contributed by atoms with Crippen LogP contribution in [0.3, 0.4) is 0 Å². The van der Waals surface area contributed by atoms with E-state index in [-0.39, 0.29) is 0 Å². The van der Waals surface area contributed by atoms with Crippen molar-refractivity contribution in [2.75, 3.05) is 13.2 Å². The van der Waals surface area contributed by atoms with E-state index >= 15 is 0 Å². The fraction of sp³-hybridized carbons (Fsp3) is 0.667. The predicted octanol–water partition coefficient (Wildman–Crippen LogP) is 4.43. The van der Waals surface area contributed by atoms with E-state index < -0.39 is 0 Å². The Morgan fingerprint density at radius 3 is 2.35 bits per heavy atom. The molecule has 0 saturated carbocycles. The average Bonchev–Trinajstić information content (AvgIpc) is 2.43. The van der Waals surface area contributed by atoms with Gasteiger partial charge in [0.25, 0.3) is 0 Å². The van der Waals surface area contributed by atoms with Crippen molar-refractivity contribution in [3.63, 3.8) is 0 Å². The van der Waals surface area contributed by atoms with Gasteiger partial charge in [0, 0.05) is 6.04 Å². The number of hydrogen-bond donors (Lipinski definition) is 1. The Balaban J connectivity index is 2.25. The summed E-state index contributed by atoms with van der Waals surface area (Å²) in [6.45, 7) is 10.8. The molecule has 2 nitrogen and oxygen atoms in total. The van der Waals surface area contributed by atoms with Gasteiger partial charge < -0.3 is 10.1 Å². The van der Waals surface area contributed by atoms with Crippen LogP contribution in [-0.4, -0.2) is 19.2 Å². The molecule has 0 radical (unpaired) electrons. The molecule has 1 aromatic carbocycles. The molecule has 1 aromatic rings. The van der Waals surface area contributed by atoms with Crippen LogP contribution in [0.15, 0.2) is 24.3 Å². The maximum atomic E-state index is 5.76. The summed E-state index contributed by atoms with van der Waals surface area (Å²) < 4.78 is 5.76. The van der Waals surface area contributed by atoms with Crippen LogP contribution in [-0.2, 0) is 6.42 Å². The van der Waals surface area contributed by atoms with E-state index in [1.165, 1.54) is 18.4 Å². The lowest BCUT2D eigenvalue weighted by atomic mass is 10.1. The van der Waals surface area contributed by atoms with Gasteiger partial charge in [-0.15, -0.1) is 0 Å². The van der Waals surface area contributed by atoms with E-state index in [1.54, 1.807) is 0 Å². The highest BCUT2D eigenvalue weighted by atomic mass is 16.5. The minimum absolute atomic E-state index is 0.590. The highest BCUT2D eigenvalue weighted by Crippen LogP contribution is 2.15. The Labute approximate surface area is 124 Å². The van der Waals surface area contributed by atoms with Crippen LogP contribution in [0.25, 0.3) is 0 Å². The van der Waals surface area contributed by atoms with E-state index in [0.29, 0.717) is 6.04 Å². The molecule has 0 aliphatic carbocycles. The Kier molecular flexibility index (Phi) is 8.36. The minimum Gasteiger partial charge on any atom is -0.494 e. The van der Waals surface area contributed by atoms with Gasteiger partial charge in [-0.2, -0.15) is 0 Å². The highest BCUT2D eigenvalue weighted by Gasteiger charge is 2.01. The van der Waals surface area contributed by atoms with Gasteiger partial charge in [-0.05, 0) is 62.8 Å². The van der Waals surface area contributed by atoms with Crippen LogP contribution in [0.4, 0.5) is 0 Å². The zero-order chi connectivity index (χ0) is 14.8. The van der Waals surface area contributed by atoms with Gasteiger partial charge in [0.15, 0.2) is 0 Å². The summed E-state index contributed by atoms with van der Waals surface area (Å²) in [5.74, 6) is 1.76. The lowest BCUT2D eigenvalue weighted by Crippen LogP contribution is -2.25. The number of benzene rings is 1. The van der Waals surface area contributed by atoms with Crippen molar-refractivity contribution in [1.82, 2.24) is 5.32 Å². The molecule has 0 aromatic heterocycles. The molecule has 20 heavy (non-hydrogen) atoms. The molecule has 0 spiro atoms. The molecule has 1 atom stereocenters. The van der Waals surface area contributed by atoms with Crippen LogP contribution >= 0.6 is 0 Å². The van der Waals surface area contributed by atoms with E-state index in [9.17, 15) is 0 Å². The van der Waals surface area contributed by atoms with Crippen LogP contribution in [0.2, 0.25) is 0 Å². The molecule has 0 amide bonds. The Bertz CT molecular complexity index is 345. The average molecular weight is 277 g/mol. The zero-order valence-corrected chi connectivity index (χ0v) is 13.6. The van der Waals surface area contributed by atoms with Crippen molar-refractivity contribution in [2.24, 2.45) is 5.92 Å². The molecule has 0 fully saturated rings. The molecule has 1 rings (SSSR count). The molecule has 0 saturated heterocycles. The minimum atomic E-state index is 0.590. The lowest BCUT2D eigenvalue weighted by Gasteiger charge is -2.12. The zero-order valence-electron chi connectivity index (χ0n) is 13.6. The summed E-state index contributed by atoms with van der Waals surface area (Å²) in [5.41, 5.74) is 1.39. The Morgan fingerprint density at radius 2 is 1.75 bits per heavy atom. The van der Waals surface area contributed by atoms with Crippen molar-refractivity contribution in [3.8, 4) is 5.75 Å². The molecule has 0 aliphatic rings. The van der Waals surface area contributed by atoms with E-state index in [1.807, 2.05) is 0 Å². The molecule has 0 bridgehead atoms. The van der Waals surface area contributed by atoms with E-state index in [0.717, 1.165) is 37.7 Å². The quantitative estimate of drug-likeness (QED) is 0.639. The topological polar surface area (TPSA) is 21.3 Å². The number of hydrogen-bond acceptors (Lipinski definition) is 2. The summed E-state index contributed by atoms with van der Waals surface area (Å²) in [6, 6.07) is 9.17. The van der Waals surface area contributed by atoms with Crippen molar-refractivity contribution >= 4 is 0 Å². The third kappa shape index (κ3) is 7.54. The van der Waals surface area contributed by atoms with Gasteiger partial charge in [-0.1, -0.05) is 32.9 Å². The molecule has 2 heteroatoms. The second-order valence-corrected chi connectivity index (χ2v) is 6.03. The van der Waals surface area contributed by atoms with E-state index in [4.69, 9.17) is 4.74 Å². The van der Waals surface area contributed by atoms with Gasteiger partial charge >= 0.3 is 0 Å². The second kappa shape index (κ2) is 9.82. The first kappa shape index (κ1) is 17.0. The second-order valence-electron chi connectivity index (χ2n) is 6.03. The standard InChI is InChI=1S/C18H31NO/c1-5-19-16(4)8-9-17-10-12-18(13-11-17)20-14-6-7-15(2)3/h10-13,15-16,19H,5-9,14H2,1-4H3. The fourth-order valence-corrected chi connectivity index (χ4v) is 2.27. The third-order valence-corrected chi connectivity index (χ3v) is 3.54. The predicted molar refractivity (Wildman–Crippen MR) is 87.5 cm³/mol. The number of ether oxygens (including phenoxy) is 1. The summed E-state index contributed by atoms with van der Waals surface area (Å²) in [7, 11) is 0. The first-order valence-corrected chi connectivity index (χ1v) is 8.07. The van der Waals surface area contributed by atoms with Crippen molar-refractivity contribution in [1.29, 1.82) is 0 Å². The molecule has 114 valence electrons. The normalized spacial score (nSPS) is 12.7. The highest BCUT2D eigenvalue weighted by molar-refractivity contribution is 5.27. The number of aryl methyl sites for hydroxylation is 1. The maximum absolute atomic E-state index is 5.76. The molecule has 0 heterocycles. The van der Waals surface area contributed by atoms with Gasteiger partial charge in [-0.3, -0.25) is 0 Å². The monoisotopic (exact) mass is 277 g/mol. The first-order valence-electron chi connectivity index (χ1n) is 8.07. The van der Waals surface area contributed by atoms with Crippen molar-refractivity contribution < 1.29 is 4.74 Å². The molecule has 1 unspecified atom stereocenters. The van der Waals surface area contributed by atoms with E-state index in [2.05, 4.69) is 57.3 Å². The van der Waals surface area contributed by atoms with Crippen LogP contribution in [0.1, 0.15) is 52.5 Å². The van der Waals surface area contributed by atoms with Gasteiger partial charge in [-0.25, -0.2) is 0 Å². The maximum Gasteiger partial charge on any atom is 0.119 e. The summed E-state index contributed by atoms with van der Waals surface area (Å²) in [4.78, 5) is 0. The van der Waals surface area contributed by atoms with Gasteiger partial charge in [0.1, 0.15) is 5.75 Å². The lowest BCUT2D eigenvalue weighted by molar-refractivity contribution is 0.297. The fourth-order valence-electron chi connectivity index (χ4n) is 2.27.